The first-order valence-corrected chi connectivity index (χ1v) is 12.9. The number of fused-ring (bicyclic) bond motifs is 1. The summed E-state index contributed by atoms with van der Waals surface area (Å²) in [6.45, 7) is 9.13. The van der Waals surface area contributed by atoms with Gasteiger partial charge in [0.1, 0.15) is 5.75 Å². The van der Waals surface area contributed by atoms with Gasteiger partial charge in [0.2, 0.25) is 5.91 Å². The molecule has 1 N–H and O–H groups in total. The van der Waals surface area contributed by atoms with E-state index in [0.717, 1.165) is 34.2 Å². The van der Waals surface area contributed by atoms with Crippen LogP contribution in [0.2, 0.25) is 0 Å². The average molecular weight is 485 g/mol. The molecule has 0 aromatic heterocycles. The van der Waals surface area contributed by atoms with Gasteiger partial charge >= 0.3 is 0 Å². The van der Waals surface area contributed by atoms with Crippen molar-refractivity contribution < 1.29 is 14.3 Å². The minimum Gasteiger partial charge on any atom is -0.481 e. The van der Waals surface area contributed by atoms with E-state index in [1.54, 1.807) is 0 Å². The Bertz CT molecular complexity index is 1240. The molecule has 2 unspecified atom stereocenters. The highest BCUT2D eigenvalue weighted by Crippen LogP contribution is 2.38. The number of carbonyl (C=O) groups excluding carboxylic acids is 2. The summed E-state index contributed by atoms with van der Waals surface area (Å²) in [7, 11) is 0. The van der Waals surface area contributed by atoms with E-state index in [4.69, 9.17) is 4.74 Å². The Morgan fingerprint density at radius 3 is 2.44 bits per heavy atom. The third-order valence-electron chi connectivity index (χ3n) is 6.82. The van der Waals surface area contributed by atoms with Crippen molar-refractivity contribution in [3.8, 4) is 5.75 Å². The summed E-state index contributed by atoms with van der Waals surface area (Å²) in [6.07, 6.45) is 1.23. The van der Waals surface area contributed by atoms with Gasteiger partial charge in [0.05, 0.1) is 6.04 Å². The Kier molecular flexibility index (Phi) is 8.09. The molecule has 0 aliphatic carbocycles. The normalized spacial score (nSPS) is 15.7. The van der Waals surface area contributed by atoms with Crippen molar-refractivity contribution in [2.45, 2.75) is 65.6 Å². The maximum atomic E-state index is 12.9. The molecule has 188 valence electrons. The topological polar surface area (TPSA) is 58.6 Å². The van der Waals surface area contributed by atoms with Gasteiger partial charge in [-0.05, 0) is 61.1 Å². The van der Waals surface area contributed by atoms with Gasteiger partial charge in [-0.1, -0.05) is 79.6 Å². The van der Waals surface area contributed by atoms with Gasteiger partial charge in [0, 0.05) is 19.5 Å². The zero-order valence-corrected chi connectivity index (χ0v) is 21.7. The maximum Gasteiger partial charge on any atom is 0.261 e. The fourth-order valence-electron chi connectivity index (χ4n) is 4.95. The van der Waals surface area contributed by atoms with Crippen molar-refractivity contribution in [1.82, 2.24) is 10.2 Å². The van der Waals surface area contributed by atoms with Gasteiger partial charge in [0.15, 0.2) is 6.10 Å². The van der Waals surface area contributed by atoms with E-state index < -0.39 is 6.10 Å². The second-order valence-corrected chi connectivity index (χ2v) is 9.59. The second kappa shape index (κ2) is 11.4. The van der Waals surface area contributed by atoms with Crippen LogP contribution in [-0.4, -0.2) is 29.4 Å². The van der Waals surface area contributed by atoms with Crippen LogP contribution in [0.4, 0.5) is 0 Å². The number of hydrogen-bond acceptors (Lipinski definition) is 3. The lowest BCUT2D eigenvalue weighted by molar-refractivity contribution is -0.133. The summed E-state index contributed by atoms with van der Waals surface area (Å²) < 4.78 is 6.22. The largest absolute Gasteiger partial charge is 0.481 e. The molecule has 1 heterocycles. The van der Waals surface area contributed by atoms with E-state index in [1.165, 1.54) is 5.56 Å². The van der Waals surface area contributed by atoms with E-state index in [9.17, 15) is 9.59 Å². The Morgan fingerprint density at radius 1 is 1.00 bits per heavy atom. The molecule has 3 aromatic carbocycles. The number of amides is 2. The minimum atomic E-state index is -0.595. The second-order valence-electron chi connectivity index (χ2n) is 9.59. The third-order valence-corrected chi connectivity index (χ3v) is 6.82. The highest BCUT2D eigenvalue weighted by Gasteiger charge is 2.32. The molecule has 0 spiro atoms. The van der Waals surface area contributed by atoms with Gasteiger partial charge < -0.3 is 15.0 Å². The number of nitrogens with zero attached hydrogens (tertiary/aromatic N) is 1. The molecule has 3 aromatic rings. The highest BCUT2D eigenvalue weighted by molar-refractivity contribution is 5.81. The van der Waals surface area contributed by atoms with E-state index in [-0.39, 0.29) is 17.9 Å². The average Bonchev–Trinajstić information content (AvgIpc) is 2.89. The molecule has 5 heteroatoms. The summed E-state index contributed by atoms with van der Waals surface area (Å²) >= 11 is 0. The number of benzene rings is 3. The summed E-state index contributed by atoms with van der Waals surface area (Å²) in [5.41, 5.74) is 6.77. The van der Waals surface area contributed by atoms with Crippen LogP contribution in [0.25, 0.3) is 0 Å². The first kappa shape index (κ1) is 25.5. The predicted molar refractivity (Wildman–Crippen MR) is 143 cm³/mol. The molecule has 5 nitrogen and oxygen atoms in total. The van der Waals surface area contributed by atoms with E-state index >= 15 is 0 Å². The molecule has 2 atom stereocenters. The SMILES string of the molecule is CCC(=O)N1CCc2ccc(OC(CC)C(=O)NCc3cccc(C)c3)cc2C1c1cccc(C)c1. The van der Waals surface area contributed by atoms with Crippen LogP contribution < -0.4 is 10.1 Å². The zero-order valence-electron chi connectivity index (χ0n) is 21.7. The van der Waals surface area contributed by atoms with Crippen molar-refractivity contribution in [3.05, 3.63) is 100 Å². The van der Waals surface area contributed by atoms with E-state index in [0.29, 0.717) is 31.7 Å². The summed E-state index contributed by atoms with van der Waals surface area (Å²) in [6, 6.07) is 22.3. The number of nitrogens with one attached hydrogen (secondary N) is 1. The molecule has 1 aliphatic rings. The third kappa shape index (κ3) is 5.78. The molecular formula is C31H36N2O3. The van der Waals surface area contributed by atoms with Gasteiger partial charge in [-0.15, -0.1) is 0 Å². The standard InChI is InChI=1S/C31H36N2O3/c1-5-28(31(35)32-20-23-11-7-9-21(3)17-23)36-26-14-13-24-15-16-33(29(34)6-2)30(27(24)19-26)25-12-8-10-22(4)18-25/h7-14,17-19,28,30H,5-6,15-16,20H2,1-4H3,(H,32,35). The van der Waals surface area contributed by atoms with E-state index in [1.807, 2.05) is 62.1 Å². The number of carbonyl (C=O) groups is 2. The molecule has 0 saturated carbocycles. The molecule has 0 fully saturated rings. The van der Waals surface area contributed by atoms with Crippen LogP contribution in [-0.2, 0) is 22.6 Å². The molecule has 0 saturated heterocycles. The van der Waals surface area contributed by atoms with Gasteiger partial charge in [0.25, 0.3) is 5.91 Å². The fourth-order valence-corrected chi connectivity index (χ4v) is 4.95. The van der Waals surface area contributed by atoms with E-state index in [2.05, 4.69) is 42.6 Å². The van der Waals surface area contributed by atoms with Gasteiger partial charge in [-0.3, -0.25) is 9.59 Å². The Morgan fingerprint density at radius 2 is 1.75 bits per heavy atom. The molecule has 1 aliphatic heterocycles. The van der Waals surface area contributed by atoms with Gasteiger partial charge in [-0.25, -0.2) is 0 Å². The summed E-state index contributed by atoms with van der Waals surface area (Å²) in [5, 5.41) is 3.01. The van der Waals surface area contributed by atoms with Crippen molar-refractivity contribution in [2.24, 2.45) is 0 Å². The highest BCUT2D eigenvalue weighted by atomic mass is 16.5. The van der Waals surface area contributed by atoms with Crippen LogP contribution >= 0.6 is 0 Å². The molecule has 0 radical (unpaired) electrons. The van der Waals surface area contributed by atoms with Crippen LogP contribution in [0.5, 0.6) is 5.75 Å². The lowest BCUT2D eigenvalue weighted by Gasteiger charge is -2.38. The maximum absolute atomic E-state index is 12.9. The molecule has 2 amide bonds. The summed E-state index contributed by atoms with van der Waals surface area (Å²) in [5.74, 6) is 0.657. The molecule has 36 heavy (non-hydrogen) atoms. The predicted octanol–water partition coefficient (Wildman–Crippen LogP) is 5.66. The van der Waals surface area contributed by atoms with Crippen LogP contribution in [0, 0.1) is 13.8 Å². The monoisotopic (exact) mass is 484 g/mol. The number of aryl methyl sites for hydroxylation is 2. The first-order chi connectivity index (χ1) is 17.4. The van der Waals surface area contributed by atoms with Gasteiger partial charge in [-0.2, -0.15) is 0 Å². The minimum absolute atomic E-state index is 0.130. The van der Waals surface area contributed by atoms with Crippen LogP contribution in [0.1, 0.15) is 66.1 Å². The molecular weight excluding hydrogens is 448 g/mol. The lowest BCUT2D eigenvalue weighted by Crippen LogP contribution is -2.40. The Hall–Kier alpha value is -3.60. The van der Waals surface area contributed by atoms with Crippen molar-refractivity contribution >= 4 is 11.8 Å². The van der Waals surface area contributed by atoms with Crippen molar-refractivity contribution in [3.63, 3.8) is 0 Å². The van der Waals surface area contributed by atoms with Crippen LogP contribution in [0.3, 0.4) is 0 Å². The smallest absolute Gasteiger partial charge is 0.261 e. The fraction of sp³-hybridized carbons (Fsp3) is 0.355. The Balaban J connectivity index is 1.57. The number of rotatable bonds is 8. The van der Waals surface area contributed by atoms with Crippen LogP contribution in [0.15, 0.2) is 66.7 Å². The summed E-state index contributed by atoms with van der Waals surface area (Å²) in [4.78, 5) is 27.8. The zero-order chi connectivity index (χ0) is 25.7. The number of hydrogen-bond donors (Lipinski definition) is 1. The first-order valence-electron chi connectivity index (χ1n) is 12.9. The lowest BCUT2D eigenvalue weighted by atomic mass is 9.87. The quantitative estimate of drug-likeness (QED) is 0.449. The number of ether oxygens (including phenoxy) is 1. The molecule has 4 rings (SSSR count). The molecule has 0 bridgehead atoms. The Labute approximate surface area is 214 Å². The van der Waals surface area contributed by atoms with Crippen molar-refractivity contribution in [1.29, 1.82) is 0 Å². The van der Waals surface area contributed by atoms with Crippen molar-refractivity contribution in [2.75, 3.05) is 6.54 Å².